The van der Waals surface area contributed by atoms with Gasteiger partial charge in [0, 0.05) is 11.8 Å². The average molecular weight is 178 g/mol. The number of Topliss-reactive ketones (excluding diaryl/α,β-unsaturated/α-hetero) is 1. The van der Waals surface area contributed by atoms with Crippen LogP contribution >= 0.6 is 0 Å². The van der Waals surface area contributed by atoms with Crippen molar-refractivity contribution in [1.29, 1.82) is 0 Å². The fraction of sp³-hybridized carbons (Fsp3) is 0.917. The van der Waals surface area contributed by atoms with Crippen molar-refractivity contribution in [3.63, 3.8) is 0 Å². The predicted molar refractivity (Wildman–Crippen MR) is 51.4 cm³/mol. The fourth-order valence-corrected chi connectivity index (χ4v) is 3.62. The maximum Gasteiger partial charge on any atom is 0.139 e. The highest BCUT2D eigenvalue weighted by Gasteiger charge is 2.59. The van der Waals surface area contributed by atoms with Crippen molar-refractivity contribution >= 4 is 5.78 Å². The molecule has 0 atom stereocenters. The van der Waals surface area contributed by atoms with Gasteiger partial charge in [-0.25, -0.2) is 0 Å². The minimum Gasteiger partial charge on any atom is -0.299 e. The van der Waals surface area contributed by atoms with Gasteiger partial charge in [0.2, 0.25) is 0 Å². The first-order valence-electron chi connectivity index (χ1n) is 5.78. The lowest BCUT2D eigenvalue weighted by molar-refractivity contribution is -0.127. The quantitative estimate of drug-likeness (QED) is 0.557. The van der Waals surface area contributed by atoms with Crippen LogP contribution in [-0.4, -0.2) is 5.78 Å². The van der Waals surface area contributed by atoms with Gasteiger partial charge in [-0.2, -0.15) is 0 Å². The normalized spacial score (nSPS) is 34.3. The van der Waals surface area contributed by atoms with Crippen LogP contribution < -0.4 is 0 Å². The van der Waals surface area contributed by atoms with Crippen LogP contribution in [0.5, 0.6) is 0 Å². The molecule has 0 radical (unpaired) electrons. The van der Waals surface area contributed by atoms with Gasteiger partial charge in [0.25, 0.3) is 0 Å². The maximum absolute atomic E-state index is 12.0. The molecule has 0 aliphatic heterocycles. The molecule has 0 aromatic rings. The third-order valence-corrected chi connectivity index (χ3v) is 4.61. The molecule has 0 aromatic carbocycles. The first-order valence-corrected chi connectivity index (χ1v) is 5.78. The molecule has 0 heterocycles. The Morgan fingerprint density at radius 1 is 0.923 bits per heavy atom. The highest BCUT2D eigenvalue weighted by Crippen LogP contribution is 2.65. The molecule has 13 heavy (non-hydrogen) atoms. The van der Waals surface area contributed by atoms with Crippen LogP contribution in [0.3, 0.4) is 0 Å². The Kier molecular flexibility index (Phi) is 1.46. The van der Waals surface area contributed by atoms with Crippen molar-refractivity contribution in [2.24, 2.45) is 10.8 Å². The molecule has 3 aliphatic carbocycles. The zero-order valence-corrected chi connectivity index (χ0v) is 8.27. The van der Waals surface area contributed by atoms with Crippen molar-refractivity contribution in [3.8, 4) is 0 Å². The molecular formula is C12H18O. The number of rotatable bonds is 0. The van der Waals surface area contributed by atoms with E-state index in [1.807, 2.05) is 0 Å². The van der Waals surface area contributed by atoms with Crippen LogP contribution in [0.15, 0.2) is 0 Å². The fourth-order valence-electron chi connectivity index (χ4n) is 3.62. The van der Waals surface area contributed by atoms with Gasteiger partial charge in [-0.1, -0.05) is 19.3 Å². The first kappa shape index (κ1) is 8.02. The van der Waals surface area contributed by atoms with Gasteiger partial charge in [0.05, 0.1) is 0 Å². The summed E-state index contributed by atoms with van der Waals surface area (Å²) in [6, 6.07) is 0. The van der Waals surface area contributed by atoms with Gasteiger partial charge < -0.3 is 0 Å². The van der Waals surface area contributed by atoms with Crippen LogP contribution in [0.25, 0.3) is 0 Å². The van der Waals surface area contributed by atoms with E-state index in [0.29, 0.717) is 11.2 Å². The van der Waals surface area contributed by atoms with Crippen LogP contribution in [-0.2, 0) is 4.79 Å². The highest BCUT2D eigenvalue weighted by atomic mass is 16.1. The number of ketones is 1. The van der Waals surface area contributed by atoms with Crippen LogP contribution in [0, 0.1) is 10.8 Å². The lowest BCUT2D eigenvalue weighted by Crippen LogP contribution is -2.28. The Morgan fingerprint density at radius 2 is 1.62 bits per heavy atom. The summed E-state index contributed by atoms with van der Waals surface area (Å²) in [5.41, 5.74) is 0.725. The van der Waals surface area contributed by atoms with Crippen molar-refractivity contribution in [2.45, 2.75) is 57.8 Å². The molecule has 0 unspecified atom stereocenters. The molecule has 0 aromatic heterocycles. The van der Waals surface area contributed by atoms with E-state index in [1.54, 1.807) is 0 Å². The number of hydrogen-bond acceptors (Lipinski definition) is 1. The SMILES string of the molecule is O=C1CC2(CC2)CC12CCCCC2. The average Bonchev–Trinajstić information content (AvgIpc) is 2.80. The zero-order chi connectivity index (χ0) is 8.94. The summed E-state index contributed by atoms with van der Waals surface area (Å²) in [7, 11) is 0. The molecular weight excluding hydrogens is 160 g/mol. The Hall–Kier alpha value is -0.330. The van der Waals surface area contributed by atoms with Crippen LogP contribution in [0.4, 0.5) is 0 Å². The molecule has 0 bridgehead atoms. The Balaban J connectivity index is 1.85. The van der Waals surface area contributed by atoms with Gasteiger partial charge in [-0.15, -0.1) is 0 Å². The molecule has 2 spiro atoms. The van der Waals surface area contributed by atoms with Gasteiger partial charge in [0.1, 0.15) is 5.78 Å². The molecule has 0 saturated heterocycles. The summed E-state index contributed by atoms with van der Waals surface area (Å²) in [4.78, 5) is 12.0. The molecule has 1 nitrogen and oxygen atoms in total. The third-order valence-electron chi connectivity index (χ3n) is 4.61. The Morgan fingerprint density at radius 3 is 2.15 bits per heavy atom. The van der Waals surface area contributed by atoms with Crippen LogP contribution in [0.1, 0.15) is 57.8 Å². The highest BCUT2D eigenvalue weighted by molar-refractivity contribution is 5.88. The third kappa shape index (κ3) is 1.09. The molecule has 1 heteroatoms. The molecule has 3 fully saturated rings. The lowest BCUT2D eigenvalue weighted by atomic mass is 9.71. The van der Waals surface area contributed by atoms with E-state index in [4.69, 9.17) is 0 Å². The number of hydrogen-bond donors (Lipinski definition) is 0. The number of carbonyl (C=O) groups excluding carboxylic acids is 1. The molecule has 0 amide bonds. The van der Waals surface area contributed by atoms with E-state index in [-0.39, 0.29) is 5.41 Å². The summed E-state index contributed by atoms with van der Waals surface area (Å²) in [6.07, 6.45) is 11.3. The number of carbonyl (C=O) groups is 1. The van der Waals surface area contributed by atoms with E-state index in [2.05, 4.69) is 0 Å². The van der Waals surface area contributed by atoms with E-state index < -0.39 is 0 Å². The zero-order valence-electron chi connectivity index (χ0n) is 8.27. The molecule has 3 saturated carbocycles. The predicted octanol–water partition coefficient (Wildman–Crippen LogP) is 3.08. The largest absolute Gasteiger partial charge is 0.299 e. The minimum atomic E-state index is 0.189. The van der Waals surface area contributed by atoms with Gasteiger partial charge >= 0.3 is 0 Å². The van der Waals surface area contributed by atoms with E-state index in [0.717, 1.165) is 6.42 Å². The monoisotopic (exact) mass is 178 g/mol. The maximum atomic E-state index is 12.0. The second-order valence-corrected chi connectivity index (χ2v) is 5.62. The summed E-state index contributed by atoms with van der Waals surface area (Å²) < 4.78 is 0. The van der Waals surface area contributed by atoms with Gasteiger partial charge in [-0.3, -0.25) is 4.79 Å². The summed E-state index contributed by atoms with van der Waals surface area (Å²) in [5, 5.41) is 0. The standard InChI is InChI=1S/C12H18O/c13-10-8-11(6-7-11)9-12(10)4-2-1-3-5-12/h1-9H2. The molecule has 72 valence electrons. The van der Waals surface area contributed by atoms with Crippen LogP contribution in [0.2, 0.25) is 0 Å². The summed E-state index contributed by atoms with van der Waals surface area (Å²) >= 11 is 0. The molecule has 3 aliphatic rings. The van der Waals surface area contributed by atoms with Crippen molar-refractivity contribution in [1.82, 2.24) is 0 Å². The van der Waals surface area contributed by atoms with E-state index in [1.165, 1.54) is 51.4 Å². The second-order valence-electron chi connectivity index (χ2n) is 5.62. The van der Waals surface area contributed by atoms with E-state index in [9.17, 15) is 4.79 Å². The van der Waals surface area contributed by atoms with Gasteiger partial charge in [-0.05, 0) is 37.5 Å². The van der Waals surface area contributed by atoms with Crippen molar-refractivity contribution < 1.29 is 4.79 Å². The summed E-state index contributed by atoms with van der Waals surface area (Å²) in [5.74, 6) is 0.629. The Bertz CT molecular complexity index is 244. The van der Waals surface area contributed by atoms with Crippen molar-refractivity contribution in [2.75, 3.05) is 0 Å². The molecule has 3 rings (SSSR count). The first-order chi connectivity index (χ1) is 6.25. The minimum absolute atomic E-state index is 0.189. The smallest absolute Gasteiger partial charge is 0.139 e. The van der Waals surface area contributed by atoms with E-state index >= 15 is 0 Å². The van der Waals surface area contributed by atoms with Crippen molar-refractivity contribution in [3.05, 3.63) is 0 Å². The van der Waals surface area contributed by atoms with Gasteiger partial charge in [0.15, 0.2) is 0 Å². The lowest BCUT2D eigenvalue weighted by Gasteiger charge is -2.31. The molecule has 0 N–H and O–H groups in total. The summed E-state index contributed by atoms with van der Waals surface area (Å²) in [6.45, 7) is 0. The Labute approximate surface area is 79.9 Å². The second kappa shape index (κ2) is 2.37. The topological polar surface area (TPSA) is 17.1 Å².